The molecule has 0 aliphatic carbocycles. The largest absolute Gasteiger partial charge is 0.434 e. The maximum atomic E-state index is 12.8. The van der Waals surface area contributed by atoms with Crippen LogP contribution < -0.4 is 11.1 Å². The lowest BCUT2D eigenvalue weighted by molar-refractivity contribution is -0.139. The number of alkyl carbamates (subject to hydrolysis) is 1. The van der Waals surface area contributed by atoms with Crippen LogP contribution in [0.15, 0.2) is 70.0 Å². The van der Waals surface area contributed by atoms with Gasteiger partial charge >= 0.3 is 6.09 Å². The molecule has 0 radical (unpaired) electrons. The molecule has 188 valence electrons. The monoisotopic (exact) mass is 497 g/mol. The second-order valence-corrected chi connectivity index (χ2v) is 9.91. The van der Waals surface area contributed by atoms with Crippen molar-refractivity contribution >= 4 is 31.8 Å². The van der Waals surface area contributed by atoms with E-state index in [2.05, 4.69) is 16.5 Å². The number of rotatable bonds is 4. The summed E-state index contributed by atoms with van der Waals surface area (Å²) in [5.74, 6) is 0.602. The fourth-order valence-electron chi connectivity index (χ4n) is 5.47. The van der Waals surface area contributed by atoms with Gasteiger partial charge in [-0.15, -0.1) is 0 Å². The van der Waals surface area contributed by atoms with Crippen molar-refractivity contribution in [3.63, 3.8) is 0 Å². The second-order valence-electron chi connectivity index (χ2n) is 9.91. The van der Waals surface area contributed by atoms with E-state index in [4.69, 9.17) is 20.4 Å². The lowest BCUT2D eigenvalue weighted by Crippen LogP contribution is -2.46. The average Bonchev–Trinajstić information content (AvgIpc) is 3.56. The summed E-state index contributed by atoms with van der Waals surface area (Å²) in [6.07, 6.45) is 3.97. The lowest BCUT2D eigenvalue weighted by atomic mass is 9.79. The molecular weight excluding hydrogens is 469 g/mol. The molecule has 0 spiro atoms. The van der Waals surface area contributed by atoms with Crippen molar-refractivity contribution in [1.82, 2.24) is 20.2 Å². The lowest BCUT2D eigenvalue weighted by Gasteiger charge is -2.34. The van der Waals surface area contributed by atoms with Crippen molar-refractivity contribution in [2.45, 2.75) is 24.5 Å². The molecule has 6 rings (SSSR count). The van der Waals surface area contributed by atoms with E-state index in [9.17, 15) is 9.59 Å². The van der Waals surface area contributed by atoms with Crippen LogP contribution in [-0.2, 0) is 15.1 Å². The van der Waals surface area contributed by atoms with E-state index >= 15 is 0 Å². The number of cyclic esters (lactones) is 1. The van der Waals surface area contributed by atoms with Gasteiger partial charge in [-0.05, 0) is 24.4 Å². The number of nitrogens with zero attached hydrogens (tertiary/aromatic N) is 5. The molecular formula is C26H28BN7O3. The van der Waals surface area contributed by atoms with Crippen molar-refractivity contribution in [2.75, 3.05) is 26.2 Å². The van der Waals surface area contributed by atoms with Crippen LogP contribution in [0.25, 0.3) is 11.3 Å². The van der Waals surface area contributed by atoms with Gasteiger partial charge in [-0.1, -0.05) is 36.4 Å². The number of carbonyl (C=O) groups excluding carboxylic acids is 2. The molecule has 37 heavy (non-hydrogen) atoms. The van der Waals surface area contributed by atoms with Gasteiger partial charge in [0, 0.05) is 42.0 Å². The zero-order chi connectivity index (χ0) is 25.6. The minimum atomic E-state index is -0.745. The number of aliphatic imine (C=N–C) groups is 1. The second kappa shape index (κ2) is 9.06. The molecule has 10 nitrogen and oxygen atoms in total. The van der Waals surface area contributed by atoms with Crippen molar-refractivity contribution in [1.29, 1.82) is 0 Å². The van der Waals surface area contributed by atoms with Crippen LogP contribution in [0.2, 0.25) is 0 Å². The van der Waals surface area contributed by atoms with Crippen LogP contribution in [0.4, 0.5) is 4.79 Å². The van der Waals surface area contributed by atoms with Gasteiger partial charge in [0.2, 0.25) is 0 Å². The first kappa shape index (κ1) is 23.3. The van der Waals surface area contributed by atoms with E-state index in [1.54, 1.807) is 4.90 Å². The molecule has 2 unspecified atom stereocenters. The van der Waals surface area contributed by atoms with E-state index in [-0.39, 0.29) is 18.4 Å². The molecule has 2 aromatic rings. The summed E-state index contributed by atoms with van der Waals surface area (Å²) < 4.78 is 5.08. The van der Waals surface area contributed by atoms with Crippen LogP contribution in [-0.4, -0.2) is 78.9 Å². The molecule has 0 saturated carbocycles. The Balaban J connectivity index is 1.25. The summed E-state index contributed by atoms with van der Waals surface area (Å²) in [5, 5.41) is 8.94. The molecule has 11 heteroatoms. The quantitative estimate of drug-likeness (QED) is 0.603. The molecule has 4 aliphatic rings. The molecule has 2 fully saturated rings. The van der Waals surface area contributed by atoms with Crippen LogP contribution in [0.5, 0.6) is 0 Å². The Morgan fingerprint density at radius 1 is 1.16 bits per heavy atom. The predicted molar refractivity (Wildman–Crippen MR) is 141 cm³/mol. The summed E-state index contributed by atoms with van der Waals surface area (Å²) in [4.78, 5) is 36.0. The highest BCUT2D eigenvalue weighted by atomic mass is 16.6. The molecule has 3 N–H and O–H groups in total. The first-order chi connectivity index (χ1) is 17.9. The topological polar surface area (TPSA) is 126 Å². The first-order valence-electron chi connectivity index (χ1n) is 12.6. The molecule has 1 aromatic heterocycles. The maximum Gasteiger partial charge on any atom is 0.408 e. The molecule has 4 aliphatic heterocycles. The number of nitrogens with two attached hydrogens (primary N) is 1. The van der Waals surface area contributed by atoms with E-state index in [1.165, 1.54) is 0 Å². The molecule has 2 saturated heterocycles. The number of benzene rings is 1. The Morgan fingerprint density at radius 2 is 1.95 bits per heavy atom. The molecule has 2 bridgehead atoms. The van der Waals surface area contributed by atoms with Crippen molar-refractivity contribution in [3.05, 3.63) is 65.5 Å². The Bertz CT molecular complexity index is 1320. The zero-order valence-electron chi connectivity index (χ0n) is 20.6. The highest BCUT2D eigenvalue weighted by molar-refractivity contribution is 6.39. The summed E-state index contributed by atoms with van der Waals surface area (Å²) in [6.45, 7) is 1.88. The van der Waals surface area contributed by atoms with Crippen LogP contribution in [0.3, 0.4) is 0 Å². The molecule has 5 heterocycles. The number of nitrogens with one attached hydrogen (secondary N) is 1. The molecule has 2 atom stereocenters. The Labute approximate surface area is 215 Å². The number of ether oxygens (including phenoxy) is 1. The fourth-order valence-corrected chi connectivity index (χ4v) is 5.47. The van der Waals surface area contributed by atoms with Gasteiger partial charge in [0.15, 0.2) is 6.10 Å². The van der Waals surface area contributed by atoms with Crippen molar-refractivity contribution < 1.29 is 14.3 Å². The third-order valence-corrected chi connectivity index (χ3v) is 7.65. The Morgan fingerprint density at radius 3 is 2.62 bits per heavy atom. The third-order valence-electron chi connectivity index (χ3n) is 7.65. The highest BCUT2D eigenvalue weighted by Gasteiger charge is 2.43. The Kier molecular flexibility index (Phi) is 5.70. The van der Waals surface area contributed by atoms with Crippen molar-refractivity contribution in [3.8, 4) is 11.3 Å². The number of amides is 2. The Hall–Kier alpha value is -4.15. The van der Waals surface area contributed by atoms with Crippen LogP contribution >= 0.6 is 0 Å². The fraction of sp³-hybridized carbons (Fsp3) is 0.346. The first-order valence-corrected chi connectivity index (χ1v) is 12.6. The highest BCUT2D eigenvalue weighted by Crippen LogP contribution is 2.37. The number of hydrazone groups is 1. The maximum absolute atomic E-state index is 12.8. The van der Waals surface area contributed by atoms with E-state index in [0.29, 0.717) is 25.5 Å². The molecule has 1 aromatic carbocycles. The smallest absolute Gasteiger partial charge is 0.408 e. The number of hydrogen-bond donors (Lipinski definition) is 2. The van der Waals surface area contributed by atoms with E-state index in [0.717, 1.165) is 40.8 Å². The van der Waals surface area contributed by atoms with E-state index in [1.807, 2.05) is 61.7 Å². The number of piperidine rings is 1. The van der Waals surface area contributed by atoms with Gasteiger partial charge in [-0.25, -0.2) is 9.80 Å². The number of pyridine rings is 1. The predicted octanol–water partition coefficient (Wildman–Crippen LogP) is 0.808. The van der Waals surface area contributed by atoms with Gasteiger partial charge in [-0.2, -0.15) is 5.10 Å². The van der Waals surface area contributed by atoms with Gasteiger partial charge in [-0.3, -0.25) is 14.8 Å². The number of hydrogen-bond acceptors (Lipinski definition) is 8. The van der Waals surface area contributed by atoms with Gasteiger partial charge in [0.25, 0.3) is 5.91 Å². The van der Waals surface area contributed by atoms with Gasteiger partial charge in [0.1, 0.15) is 19.2 Å². The standard InChI is InChI=1S/C26H28BN7O3/c27-21-22(17-8-10-33(11-9-17)24(35)20-13-30-25(36)37-20)32-26(14-31-34(15-26)23(21)28)18-6-7-19(29-12-18)16-4-2-1-3-5-16/h1-7,12,14,17,20H,8-11,13,15,27-28H2,(H,30,36). The number of allylic oxidation sites excluding steroid dienone is 1. The van der Waals surface area contributed by atoms with Gasteiger partial charge < -0.3 is 20.7 Å². The number of carbonyl (C=O) groups is 2. The average molecular weight is 497 g/mol. The van der Waals surface area contributed by atoms with Crippen LogP contribution in [0, 0.1) is 5.92 Å². The summed E-state index contributed by atoms with van der Waals surface area (Å²) >= 11 is 0. The summed E-state index contributed by atoms with van der Waals surface area (Å²) in [6, 6.07) is 14.2. The SMILES string of the molecule is BC1=C(N)N2CC(c3ccc(-c4ccccc4)nc3)(C=N2)N=C1C1CCN(C(=O)C2CNC(=O)O2)CC1. The molecule has 2 amide bonds. The van der Waals surface area contributed by atoms with Gasteiger partial charge in [0.05, 0.1) is 25.0 Å². The van der Waals surface area contributed by atoms with Crippen molar-refractivity contribution in [2.24, 2.45) is 21.7 Å². The third kappa shape index (κ3) is 4.14. The normalized spacial score (nSPS) is 25.6. The number of fused-ring (bicyclic) bond motifs is 2. The van der Waals surface area contributed by atoms with E-state index < -0.39 is 17.7 Å². The number of aromatic nitrogens is 1. The summed E-state index contributed by atoms with van der Waals surface area (Å²) in [5.41, 5.74) is 10.7. The minimum absolute atomic E-state index is 0.147. The number of likely N-dealkylation sites (tertiary alicyclic amines) is 1. The minimum Gasteiger partial charge on any atom is -0.434 e. The zero-order valence-corrected chi connectivity index (χ0v) is 20.6. The summed E-state index contributed by atoms with van der Waals surface area (Å²) in [7, 11) is 2.00. The van der Waals surface area contributed by atoms with Crippen LogP contribution in [0.1, 0.15) is 18.4 Å².